The number of pyridine rings is 2. The molecular formula is C24H18N6S. The summed E-state index contributed by atoms with van der Waals surface area (Å²) in [6.45, 7) is 2.13. The monoisotopic (exact) mass is 422 g/mol. The number of hydrogen-bond donors (Lipinski definition) is 3. The first-order valence-corrected chi connectivity index (χ1v) is 10.7. The molecule has 0 unspecified atom stereocenters. The van der Waals surface area contributed by atoms with Crippen LogP contribution in [0.3, 0.4) is 0 Å². The molecule has 0 saturated carbocycles. The molecule has 0 saturated heterocycles. The van der Waals surface area contributed by atoms with Crippen LogP contribution in [-0.2, 0) is 0 Å². The molecular weight excluding hydrogens is 404 g/mol. The molecule has 0 aliphatic rings. The van der Waals surface area contributed by atoms with E-state index in [4.69, 9.17) is 10.7 Å². The van der Waals surface area contributed by atoms with Crippen molar-refractivity contribution in [3.05, 3.63) is 71.9 Å². The molecule has 0 fully saturated rings. The molecule has 5 heterocycles. The van der Waals surface area contributed by atoms with Gasteiger partial charge in [-0.1, -0.05) is 12.1 Å². The lowest BCUT2D eigenvalue weighted by Gasteiger charge is -2.02. The number of aromatic amines is 2. The van der Waals surface area contributed by atoms with Crippen molar-refractivity contribution >= 4 is 39.0 Å². The van der Waals surface area contributed by atoms with E-state index in [2.05, 4.69) is 63.5 Å². The number of hydrogen-bond acceptors (Lipinski definition) is 5. The number of rotatable bonds is 3. The topological polar surface area (TPSA) is 96.3 Å². The second kappa shape index (κ2) is 6.78. The molecule has 0 radical (unpaired) electrons. The average molecular weight is 423 g/mol. The summed E-state index contributed by atoms with van der Waals surface area (Å²) in [4.78, 5) is 15.1. The number of nitrogens with zero attached hydrogens (tertiary/aromatic N) is 3. The minimum atomic E-state index is 0.610. The van der Waals surface area contributed by atoms with E-state index < -0.39 is 0 Å². The van der Waals surface area contributed by atoms with Crippen LogP contribution in [0.2, 0.25) is 0 Å². The first-order valence-electron chi connectivity index (χ1n) is 9.91. The molecule has 6 aromatic rings. The van der Waals surface area contributed by atoms with Gasteiger partial charge in [0.2, 0.25) is 0 Å². The van der Waals surface area contributed by atoms with Gasteiger partial charge in [-0.25, -0.2) is 4.98 Å². The van der Waals surface area contributed by atoms with Crippen LogP contribution < -0.4 is 5.73 Å². The number of thiophene rings is 1. The fourth-order valence-corrected chi connectivity index (χ4v) is 4.83. The largest absolute Gasteiger partial charge is 0.397 e. The van der Waals surface area contributed by atoms with E-state index in [1.165, 1.54) is 20.7 Å². The molecule has 5 aromatic heterocycles. The maximum absolute atomic E-state index is 5.90. The Labute approximate surface area is 181 Å². The lowest BCUT2D eigenvalue weighted by atomic mass is 10.1. The van der Waals surface area contributed by atoms with Gasteiger partial charge in [0.25, 0.3) is 0 Å². The highest BCUT2D eigenvalue weighted by atomic mass is 32.1. The molecule has 0 amide bonds. The maximum Gasteiger partial charge on any atom is 0.135 e. The van der Waals surface area contributed by atoms with E-state index in [0.29, 0.717) is 5.69 Å². The Bertz CT molecular complexity index is 1570. The highest BCUT2D eigenvalue weighted by Crippen LogP contribution is 2.36. The molecule has 31 heavy (non-hydrogen) atoms. The molecule has 1 aromatic carbocycles. The number of nitrogen functional groups attached to an aromatic ring is 1. The standard InChI is InChI=1S/C24H18N6S/c1-13-5-8-22(31-13)16-3-2-4-19-17(16)10-21(27-19)24-23-20(29-30-24)7-6-18(28-23)14-9-15(25)12-26-11-14/h2-12,27H,25H2,1H3,(H,29,30). The molecule has 0 spiro atoms. The maximum atomic E-state index is 5.90. The fourth-order valence-electron chi connectivity index (χ4n) is 3.92. The third-order valence-electron chi connectivity index (χ3n) is 5.39. The van der Waals surface area contributed by atoms with Crippen molar-refractivity contribution in [1.82, 2.24) is 25.1 Å². The van der Waals surface area contributed by atoms with E-state index in [1.54, 1.807) is 23.7 Å². The van der Waals surface area contributed by atoms with E-state index in [9.17, 15) is 0 Å². The van der Waals surface area contributed by atoms with Crippen LogP contribution in [0.5, 0.6) is 0 Å². The number of H-pyrrole nitrogens is 2. The minimum Gasteiger partial charge on any atom is -0.397 e. The average Bonchev–Trinajstić information content (AvgIpc) is 3.50. The van der Waals surface area contributed by atoms with Crippen LogP contribution in [0.1, 0.15) is 4.88 Å². The van der Waals surface area contributed by atoms with Crippen LogP contribution >= 0.6 is 11.3 Å². The fraction of sp³-hybridized carbons (Fsp3) is 0.0417. The number of benzene rings is 1. The summed E-state index contributed by atoms with van der Waals surface area (Å²) in [6, 6.07) is 18.6. The van der Waals surface area contributed by atoms with Crippen LogP contribution in [-0.4, -0.2) is 25.1 Å². The molecule has 6 nitrogen and oxygen atoms in total. The second-order valence-corrected chi connectivity index (χ2v) is 8.82. The molecule has 6 rings (SSSR count). The van der Waals surface area contributed by atoms with Crippen molar-refractivity contribution in [1.29, 1.82) is 0 Å². The SMILES string of the molecule is Cc1ccc(-c2cccc3[nH]c(-c4n[nH]c5ccc(-c6cncc(N)c6)nc45)cc23)s1. The highest BCUT2D eigenvalue weighted by molar-refractivity contribution is 7.15. The summed E-state index contributed by atoms with van der Waals surface area (Å²) in [7, 11) is 0. The van der Waals surface area contributed by atoms with Gasteiger partial charge in [-0.15, -0.1) is 11.3 Å². The van der Waals surface area contributed by atoms with Gasteiger partial charge in [-0.2, -0.15) is 5.10 Å². The Morgan fingerprint density at radius 3 is 2.74 bits per heavy atom. The van der Waals surface area contributed by atoms with Crippen molar-refractivity contribution < 1.29 is 0 Å². The Morgan fingerprint density at radius 1 is 0.968 bits per heavy atom. The Kier molecular flexibility index (Phi) is 3.91. The summed E-state index contributed by atoms with van der Waals surface area (Å²) < 4.78 is 0. The quantitative estimate of drug-likeness (QED) is 0.336. The molecule has 0 aliphatic heterocycles. The molecule has 150 valence electrons. The smallest absolute Gasteiger partial charge is 0.135 e. The Balaban J connectivity index is 1.51. The highest BCUT2D eigenvalue weighted by Gasteiger charge is 2.16. The zero-order valence-electron chi connectivity index (χ0n) is 16.7. The van der Waals surface area contributed by atoms with Gasteiger partial charge in [-0.3, -0.25) is 10.1 Å². The minimum absolute atomic E-state index is 0.610. The van der Waals surface area contributed by atoms with E-state index in [-0.39, 0.29) is 0 Å². The number of nitrogens with two attached hydrogens (primary N) is 1. The Morgan fingerprint density at radius 2 is 1.90 bits per heavy atom. The molecule has 0 aliphatic carbocycles. The third-order valence-corrected chi connectivity index (χ3v) is 6.42. The summed E-state index contributed by atoms with van der Waals surface area (Å²) in [5.41, 5.74) is 13.9. The van der Waals surface area contributed by atoms with Gasteiger partial charge < -0.3 is 10.7 Å². The second-order valence-electron chi connectivity index (χ2n) is 7.53. The molecule has 0 bridgehead atoms. The Hall–Kier alpha value is -3.97. The number of anilines is 1. The van der Waals surface area contributed by atoms with Gasteiger partial charge in [-0.05, 0) is 49.4 Å². The van der Waals surface area contributed by atoms with Crippen LogP contribution in [0.4, 0.5) is 5.69 Å². The van der Waals surface area contributed by atoms with Gasteiger partial charge >= 0.3 is 0 Å². The number of aromatic nitrogens is 5. The third kappa shape index (κ3) is 2.98. The predicted octanol–water partition coefficient (Wildman–Crippen LogP) is 5.79. The summed E-state index contributed by atoms with van der Waals surface area (Å²) in [6.07, 6.45) is 3.39. The van der Waals surface area contributed by atoms with Gasteiger partial charge in [0.15, 0.2) is 0 Å². The van der Waals surface area contributed by atoms with Crippen LogP contribution in [0.15, 0.2) is 67.0 Å². The van der Waals surface area contributed by atoms with Gasteiger partial charge in [0, 0.05) is 44.2 Å². The first-order chi connectivity index (χ1) is 15.2. The number of nitrogens with one attached hydrogen (secondary N) is 2. The normalized spacial score (nSPS) is 11.5. The van der Waals surface area contributed by atoms with Crippen molar-refractivity contribution in [2.75, 3.05) is 5.73 Å². The van der Waals surface area contributed by atoms with Crippen molar-refractivity contribution in [3.63, 3.8) is 0 Å². The van der Waals surface area contributed by atoms with Crippen molar-refractivity contribution in [2.24, 2.45) is 0 Å². The first kappa shape index (κ1) is 17.9. The van der Waals surface area contributed by atoms with Gasteiger partial charge in [0.1, 0.15) is 11.2 Å². The van der Waals surface area contributed by atoms with Crippen LogP contribution in [0, 0.1) is 6.92 Å². The van der Waals surface area contributed by atoms with E-state index in [1.807, 2.05) is 18.2 Å². The van der Waals surface area contributed by atoms with Crippen molar-refractivity contribution in [2.45, 2.75) is 6.92 Å². The zero-order valence-corrected chi connectivity index (χ0v) is 17.5. The van der Waals surface area contributed by atoms with Crippen LogP contribution in [0.25, 0.3) is 55.0 Å². The molecule has 0 atom stereocenters. The van der Waals surface area contributed by atoms with Crippen molar-refractivity contribution in [3.8, 4) is 33.1 Å². The number of fused-ring (bicyclic) bond motifs is 2. The molecule has 4 N–H and O–H groups in total. The lowest BCUT2D eigenvalue weighted by molar-refractivity contribution is 1.12. The lowest BCUT2D eigenvalue weighted by Crippen LogP contribution is -1.90. The summed E-state index contributed by atoms with van der Waals surface area (Å²) in [5.74, 6) is 0. The van der Waals surface area contributed by atoms with E-state index in [0.717, 1.165) is 39.2 Å². The zero-order chi connectivity index (χ0) is 20.9. The summed E-state index contributed by atoms with van der Waals surface area (Å²) >= 11 is 1.80. The number of aryl methyl sites for hydroxylation is 1. The van der Waals surface area contributed by atoms with Gasteiger partial charge in [0.05, 0.1) is 22.6 Å². The summed E-state index contributed by atoms with van der Waals surface area (Å²) in [5, 5.41) is 8.84. The predicted molar refractivity (Wildman–Crippen MR) is 127 cm³/mol. The molecule has 7 heteroatoms. The van der Waals surface area contributed by atoms with E-state index >= 15 is 0 Å².